The minimum atomic E-state index is 0. The fourth-order valence-corrected chi connectivity index (χ4v) is 1.77. The van der Waals surface area contributed by atoms with Gasteiger partial charge < -0.3 is 15.8 Å². The molecule has 1 heterocycles. The first kappa shape index (κ1) is 17.2. The van der Waals surface area contributed by atoms with E-state index in [4.69, 9.17) is 10.5 Å². The number of halogens is 1. The molecule has 0 aliphatic rings. The van der Waals surface area contributed by atoms with E-state index in [0.717, 1.165) is 22.7 Å². The van der Waals surface area contributed by atoms with E-state index in [-0.39, 0.29) is 24.0 Å². The highest BCUT2D eigenvalue weighted by molar-refractivity contribution is 14.0. The van der Waals surface area contributed by atoms with Gasteiger partial charge in [-0.3, -0.25) is 4.98 Å². The molecule has 0 radical (unpaired) electrons. The summed E-state index contributed by atoms with van der Waals surface area (Å²) in [4.78, 5) is 8.57. The number of benzene rings is 1. The molecule has 0 saturated carbocycles. The Kier molecular flexibility index (Phi) is 6.93. The molecule has 0 amide bonds. The third-order valence-corrected chi connectivity index (χ3v) is 2.89. The maximum atomic E-state index is 5.88. The van der Waals surface area contributed by atoms with Crippen LogP contribution in [-0.4, -0.2) is 18.1 Å². The number of anilines is 1. The average molecular weight is 398 g/mol. The van der Waals surface area contributed by atoms with Crippen molar-refractivity contribution in [3.8, 4) is 5.75 Å². The monoisotopic (exact) mass is 398 g/mol. The van der Waals surface area contributed by atoms with Crippen molar-refractivity contribution >= 4 is 35.6 Å². The Morgan fingerprint density at radius 1 is 1.29 bits per heavy atom. The van der Waals surface area contributed by atoms with Gasteiger partial charge >= 0.3 is 0 Å². The van der Waals surface area contributed by atoms with E-state index in [9.17, 15) is 0 Å². The summed E-state index contributed by atoms with van der Waals surface area (Å²) in [6.45, 7) is 2.45. The minimum Gasteiger partial charge on any atom is -0.495 e. The number of hydrogen-bond acceptors (Lipinski definition) is 3. The Hall–Kier alpha value is -1.83. The molecule has 0 spiro atoms. The number of aromatic nitrogens is 1. The van der Waals surface area contributed by atoms with Gasteiger partial charge in [-0.05, 0) is 30.7 Å². The normalized spacial score (nSPS) is 10.7. The van der Waals surface area contributed by atoms with Crippen molar-refractivity contribution in [1.82, 2.24) is 4.98 Å². The van der Waals surface area contributed by atoms with Crippen LogP contribution >= 0.6 is 24.0 Å². The Bertz CT molecular complexity index is 616. The van der Waals surface area contributed by atoms with Gasteiger partial charge in [-0.15, -0.1) is 24.0 Å². The van der Waals surface area contributed by atoms with Crippen LogP contribution in [0.4, 0.5) is 5.69 Å². The van der Waals surface area contributed by atoms with Crippen molar-refractivity contribution in [3.05, 3.63) is 53.9 Å². The van der Waals surface area contributed by atoms with Gasteiger partial charge in [0.25, 0.3) is 0 Å². The molecule has 1 aromatic heterocycles. The lowest BCUT2D eigenvalue weighted by Crippen LogP contribution is -2.23. The topological polar surface area (TPSA) is 72.5 Å². The van der Waals surface area contributed by atoms with E-state index in [0.29, 0.717) is 12.5 Å². The van der Waals surface area contributed by atoms with Crippen molar-refractivity contribution in [2.24, 2.45) is 10.7 Å². The summed E-state index contributed by atoms with van der Waals surface area (Å²) < 4.78 is 5.24. The molecule has 1 aromatic carbocycles. The van der Waals surface area contributed by atoms with E-state index in [2.05, 4.69) is 15.3 Å². The highest BCUT2D eigenvalue weighted by Gasteiger charge is 2.03. The zero-order valence-electron chi connectivity index (χ0n) is 12.0. The zero-order chi connectivity index (χ0) is 14.4. The van der Waals surface area contributed by atoms with Gasteiger partial charge in [0, 0.05) is 6.20 Å². The van der Waals surface area contributed by atoms with Gasteiger partial charge in [-0.25, -0.2) is 4.99 Å². The summed E-state index contributed by atoms with van der Waals surface area (Å²) in [7, 11) is 1.62. The molecule has 0 aliphatic carbocycles. The number of pyridine rings is 1. The van der Waals surface area contributed by atoms with Crippen LogP contribution in [0.25, 0.3) is 0 Å². The quantitative estimate of drug-likeness (QED) is 0.472. The smallest absolute Gasteiger partial charge is 0.193 e. The molecule has 6 heteroatoms. The number of nitrogens with two attached hydrogens (primary N) is 1. The van der Waals surface area contributed by atoms with Gasteiger partial charge in [0.05, 0.1) is 25.0 Å². The Morgan fingerprint density at radius 2 is 2.05 bits per heavy atom. The molecular formula is C15H19IN4O. The third-order valence-electron chi connectivity index (χ3n) is 2.89. The Labute approximate surface area is 141 Å². The first-order valence-corrected chi connectivity index (χ1v) is 6.31. The van der Waals surface area contributed by atoms with Crippen molar-refractivity contribution < 1.29 is 4.74 Å². The molecule has 112 valence electrons. The van der Waals surface area contributed by atoms with Crippen LogP contribution in [0.1, 0.15) is 11.3 Å². The molecule has 0 bridgehead atoms. The maximum absolute atomic E-state index is 5.88. The predicted molar refractivity (Wildman–Crippen MR) is 96.3 cm³/mol. The van der Waals surface area contributed by atoms with E-state index in [1.165, 1.54) is 0 Å². The molecule has 0 aliphatic heterocycles. The Morgan fingerprint density at radius 3 is 2.76 bits per heavy atom. The van der Waals surface area contributed by atoms with E-state index >= 15 is 0 Å². The largest absolute Gasteiger partial charge is 0.495 e. The summed E-state index contributed by atoms with van der Waals surface area (Å²) in [5, 5.41) is 3.03. The van der Waals surface area contributed by atoms with Crippen molar-refractivity contribution in [3.63, 3.8) is 0 Å². The van der Waals surface area contributed by atoms with Crippen LogP contribution in [0.5, 0.6) is 5.75 Å². The number of guanidine groups is 1. The predicted octanol–water partition coefficient (Wildman–Crippen LogP) is 2.94. The lowest BCUT2D eigenvalue weighted by molar-refractivity contribution is 0.417. The second-order valence-corrected chi connectivity index (χ2v) is 4.29. The minimum absolute atomic E-state index is 0. The van der Waals surface area contributed by atoms with Gasteiger partial charge in [-0.2, -0.15) is 0 Å². The zero-order valence-corrected chi connectivity index (χ0v) is 14.4. The SMILES string of the molecule is COc1ccccc1NC(N)=NCc1ncccc1C.I. The number of nitrogens with zero attached hydrogens (tertiary/aromatic N) is 2. The van der Waals surface area contributed by atoms with Crippen LogP contribution in [0.2, 0.25) is 0 Å². The number of aryl methyl sites for hydroxylation is 1. The number of aliphatic imine (C=N–C) groups is 1. The van der Waals surface area contributed by atoms with Crippen LogP contribution in [0.15, 0.2) is 47.6 Å². The molecule has 21 heavy (non-hydrogen) atoms. The van der Waals surface area contributed by atoms with E-state index < -0.39 is 0 Å². The van der Waals surface area contributed by atoms with Gasteiger partial charge in [0.2, 0.25) is 0 Å². The summed E-state index contributed by atoms with van der Waals surface area (Å²) in [6, 6.07) is 11.4. The number of hydrogen-bond donors (Lipinski definition) is 2. The first-order valence-electron chi connectivity index (χ1n) is 6.31. The molecule has 0 saturated heterocycles. The van der Waals surface area contributed by atoms with Gasteiger partial charge in [-0.1, -0.05) is 18.2 Å². The second-order valence-electron chi connectivity index (χ2n) is 4.29. The van der Waals surface area contributed by atoms with Crippen LogP contribution < -0.4 is 15.8 Å². The molecule has 0 fully saturated rings. The molecule has 5 nitrogen and oxygen atoms in total. The van der Waals surface area contributed by atoms with Crippen LogP contribution in [-0.2, 0) is 6.54 Å². The van der Waals surface area contributed by atoms with Crippen molar-refractivity contribution in [1.29, 1.82) is 0 Å². The number of para-hydroxylation sites is 2. The Balaban J connectivity index is 0.00000220. The molecule has 2 aromatic rings. The molecule has 2 rings (SSSR count). The molecule has 0 atom stereocenters. The van der Waals surface area contributed by atoms with Crippen LogP contribution in [0.3, 0.4) is 0 Å². The fourth-order valence-electron chi connectivity index (χ4n) is 1.77. The van der Waals surface area contributed by atoms with Gasteiger partial charge in [0.15, 0.2) is 5.96 Å². The van der Waals surface area contributed by atoms with Gasteiger partial charge in [0.1, 0.15) is 5.75 Å². The lowest BCUT2D eigenvalue weighted by Gasteiger charge is -2.10. The number of ether oxygens (including phenoxy) is 1. The maximum Gasteiger partial charge on any atom is 0.193 e. The van der Waals surface area contributed by atoms with Crippen LogP contribution in [0, 0.1) is 6.92 Å². The van der Waals surface area contributed by atoms with Crippen molar-refractivity contribution in [2.75, 3.05) is 12.4 Å². The molecule has 3 N–H and O–H groups in total. The van der Waals surface area contributed by atoms with Crippen molar-refractivity contribution in [2.45, 2.75) is 13.5 Å². The number of nitrogens with one attached hydrogen (secondary N) is 1. The average Bonchev–Trinajstić information content (AvgIpc) is 2.47. The van der Waals surface area contributed by atoms with E-state index in [1.807, 2.05) is 43.3 Å². The lowest BCUT2D eigenvalue weighted by atomic mass is 10.2. The standard InChI is InChI=1S/C15H18N4O.HI/c1-11-6-5-9-17-13(11)10-18-15(16)19-12-7-3-4-8-14(12)20-2;/h3-9H,10H2,1-2H3,(H3,16,18,19);1H. The summed E-state index contributed by atoms with van der Waals surface area (Å²) in [5.74, 6) is 1.05. The highest BCUT2D eigenvalue weighted by Crippen LogP contribution is 2.22. The summed E-state index contributed by atoms with van der Waals surface area (Å²) in [5.41, 5.74) is 8.68. The molecular weight excluding hydrogens is 379 g/mol. The highest BCUT2D eigenvalue weighted by atomic mass is 127. The third kappa shape index (κ3) is 4.89. The molecule has 0 unspecified atom stereocenters. The van der Waals surface area contributed by atoms with E-state index in [1.54, 1.807) is 13.3 Å². The first-order chi connectivity index (χ1) is 9.70. The fraction of sp³-hybridized carbons (Fsp3) is 0.200. The number of methoxy groups -OCH3 is 1. The summed E-state index contributed by atoms with van der Waals surface area (Å²) >= 11 is 0. The second kappa shape index (κ2) is 8.46. The summed E-state index contributed by atoms with van der Waals surface area (Å²) in [6.07, 6.45) is 1.75. The number of rotatable bonds is 4.